The predicted molar refractivity (Wildman–Crippen MR) is 84.4 cm³/mol. The fourth-order valence-corrected chi connectivity index (χ4v) is 2.59. The molecule has 0 aliphatic heterocycles. The SMILES string of the molecule is CSCC(C)N(C)c1cc(Cl)ccc1/C=C/C(=O)O. The van der Waals surface area contributed by atoms with Gasteiger partial charge in [0.15, 0.2) is 0 Å². The van der Waals surface area contributed by atoms with Gasteiger partial charge < -0.3 is 10.0 Å². The lowest BCUT2D eigenvalue weighted by Gasteiger charge is -2.28. The molecule has 104 valence electrons. The molecule has 0 heterocycles. The van der Waals surface area contributed by atoms with Gasteiger partial charge >= 0.3 is 5.97 Å². The molecule has 0 saturated carbocycles. The number of hydrogen-bond acceptors (Lipinski definition) is 3. The van der Waals surface area contributed by atoms with Crippen LogP contribution in [0.15, 0.2) is 24.3 Å². The second-order valence-corrected chi connectivity index (χ2v) is 5.64. The van der Waals surface area contributed by atoms with Crippen LogP contribution in [-0.4, -0.2) is 36.2 Å². The Hall–Kier alpha value is -1.13. The minimum Gasteiger partial charge on any atom is -0.478 e. The maximum atomic E-state index is 10.6. The van der Waals surface area contributed by atoms with Crippen LogP contribution in [0.5, 0.6) is 0 Å². The number of hydrogen-bond donors (Lipinski definition) is 1. The van der Waals surface area contributed by atoms with E-state index in [1.165, 1.54) is 0 Å². The minimum absolute atomic E-state index is 0.338. The monoisotopic (exact) mass is 299 g/mol. The van der Waals surface area contributed by atoms with Crippen molar-refractivity contribution in [3.63, 3.8) is 0 Å². The van der Waals surface area contributed by atoms with Gasteiger partial charge in [-0.1, -0.05) is 17.7 Å². The summed E-state index contributed by atoms with van der Waals surface area (Å²) < 4.78 is 0. The predicted octanol–water partition coefficient (Wildman–Crippen LogP) is 3.63. The van der Waals surface area contributed by atoms with E-state index in [2.05, 4.69) is 18.1 Å². The molecule has 0 fully saturated rings. The number of halogens is 1. The Balaban J connectivity index is 3.09. The fourth-order valence-electron chi connectivity index (χ4n) is 1.71. The molecule has 5 heteroatoms. The van der Waals surface area contributed by atoms with Gasteiger partial charge in [-0.2, -0.15) is 11.8 Å². The highest BCUT2D eigenvalue weighted by molar-refractivity contribution is 7.98. The van der Waals surface area contributed by atoms with Crippen LogP contribution in [0, 0.1) is 0 Å². The molecule has 0 bridgehead atoms. The molecule has 0 aromatic heterocycles. The average Bonchev–Trinajstić information content (AvgIpc) is 2.36. The van der Waals surface area contributed by atoms with Gasteiger partial charge in [-0.25, -0.2) is 4.79 Å². The molecule has 1 unspecified atom stereocenters. The number of aliphatic carboxylic acids is 1. The zero-order chi connectivity index (χ0) is 14.4. The van der Waals surface area contributed by atoms with Gasteiger partial charge in [0.1, 0.15) is 0 Å². The van der Waals surface area contributed by atoms with Gasteiger partial charge in [0.2, 0.25) is 0 Å². The van der Waals surface area contributed by atoms with E-state index in [0.717, 1.165) is 23.1 Å². The molecule has 1 atom stereocenters. The fraction of sp³-hybridized carbons (Fsp3) is 0.357. The normalized spacial score (nSPS) is 12.6. The quantitative estimate of drug-likeness (QED) is 0.815. The first-order valence-corrected chi connectivity index (χ1v) is 7.65. The van der Waals surface area contributed by atoms with Gasteiger partial charge in [0, 0.05) is 35.6 Å². The van der Waals surface area contributed by atoms with E-state index in [0.29, 0.717) is 11.1 Å². The number of carbonyl (C=O) groups is 1. The van der Waals surface area contributed by atoms with Crippen molar-refractivity contribution in [1.82, 2.24) is 0 Å². The Morgan fingerprint density at radius 3 is 2.84 bits per heavy atom. The summed E-state index contributed by atoms with van der Waals surface area (Å²) in [6, 6.07) is 5.80. The Morgan fingerprint density at radius 2 is 2.26 bits per heavy atom. The number of benzene rings is 1. The van der Waals surface area contributed by atoms with Crippen LogP contribution in [0.4, 0.5) is 5.69 Å². The third kappa shape index (κ3) is 4.80. The van der Waals surface area contributed by atoms with Crippen molar-refractivity contribution in [2.45, 2.75) is 13.0 Å². The van der Waals surface area contributed by atoms with Crippen LogP contribution in [-0.2, 0) is 4.79 Å². The average molecular weight is 300 g/mol. The molecule has 1 rings (SSSR count). The number of carboxylic acid groups (broad SMARTS) is 1. The molecule has 1 aromatic rings. The molecule has 1 aromatic carbocycles. The zero-order valence-corrected chi connectivity index (χ0v) is 12.8. The van der Waals surface area contributed by atoms with Crippen LogP contribution in [0.1, 0.15) is 12.5 Å². The van der Waals surface area contributed by atoms with Crippen molar-refractivity contribution in [2.75, 3.05) is 24.0 Å². The summed E-state index contributed by atoms with van der Waals surface area (Å²) in [7, 11) is 1.99. The van der Waals surface area contributed by atoms with Gasteiger partial charge in [0.05, 0.1) is 0 Å². The second kappa shape index (κ2) is 7.46. The molecule has 3 nitrogen and oxygen atoms in total. The second-order valence-electron chi connectivity index (χ2n) is 4.29. The first kappa shape index (κ1) is 15.9. The van der Waals surface area contributed by atoms with Crippen LogP contribution in [0.2, 0.25) is 5.02 Å². The van der Waals surface area contributed by atoms with Crippen LogP contribution in [0.25, 0.3) is 6.08 Å². The van der Waals surface area contributed by atoms with E-state index in [1.807, 2.05) is 19.2 Å². The van der Waals surface area contributed by atoms with Gasteiger partial charge in [0.25, 0.3) is 0 Å². The Morgan fingerprint density at radius 1 is 1.58 bits per heavy atom. The number of anilines is 1. The third-order valence-corrected chi connectivity index (χ3v) is 3.90. The van der Waals surface area contributed by atoms with Crippen molar-refractivity contribution < 1.29 is 9.90 Å². The van der Waals surface area contributed by atoms with E-state index in [1.54, 1.807) is 23.9 Å². The van der Waals surface area contributed by atoms with Crippen molar-refractivity contribution in [3.8, 4) is 0 Å². The Labute approximate surface area is 123 Å². The van der Waals surface area contributed by atoms with Gasteiger partial charge in [-0.15, -0.1) is 0 Å². The maximum absolute atomic E-state index is 10.6. The third-order valence-electron chi connectivity index (χ3n) is 2.85. The molecule has 0 radical (unpaired) electrons. The zero-order valence-electron chi connectivity index (χ0n) is 11.3. The Bertz CT molecular complexity index is 477. The highest BCUT2D eigenvalue weighted by Crippen LogP contribution is 2.27. The highest BCUT2D eigenvalue weighted by Gasteiger charge is 2.13. The smallest absolute Gasteiger partial charge is 0.328 e. The van der Waals surface area contributed by atoms with Gasteiger partial charge in [-0.3, -0.25) is 0 Å². The summed E-state index contributed by atoms with van der Waals surface area (Å²) in [5.41, 5.74) is 1.79. The summed E-state index contributed by atoms with van der Waals surface area (Å²) in [6.45, 7) is 2.13. The standard InChI is InChI=1S/C14H18ClNO2S/c1-10(9-19-3)16(2)13-8-12(15)6-4-11(13)5-7-14(17)18/h4-8,10H,9H2,1-3H3,(H,17,18)/b7-5+. The van der Waals surface area contributed by atoms with E-state index in [-0.39, 0.29) is 0 Å². The first-order valence-electron chi connectivity index (χ1n) is 5.88. The maximum Gasteiger partial charge on any atom is 0.328 e. The molecule has 0 amide bonds. The van der Waals surface area contributed by atoms with E-state index in [9.17, 15) is 4.79 Å². The first-order chi connectivity index (χ1) is 8.95. The molecule has 0 spiro atoms. The summed E-state index contributed by atoms with van der Waals surface area (Å²) in [5.74, 6) is 0.0335. The number of thioether (sulfide) groups is 1. The molecular formula is C14H18ClNO2S. The lowest BCUT2D eigenvalue weighted by molar-refractivity contribution is -0.131. The van der Waals surface area contributed by atoms with Crippen molar-refractivity contribution in [1.29, 1.82) is 0 Å². The Kier molecular flexibility index (Phi) is 6.25. The van der Waals surface area contributed by atoms with Crippen molar-refractivity contribution in [3.05, 3.63) is 34.9 Å². The molecule has 1 N–H and O–H groups in total. The minimum atomic E-state index is -0.958. The van der Waals surface area contributed by atoms with E-state index < -0.39 is 5.97 Å². The van der Waals surface area contributed by atoms with E-state index in [4.69, 9.17) is 16.7 Å². The molecule has 0 aliphatic rings. The highest BCUT2D eigenvalue weighted by atomic mass is 35.5. The topological polar surface area (TPSA) is 40.5 Å². The lowest BCUT2D eigenvalue weighted by atomic mass is 10.1. The summed E-state index contributed by atoms with van der Waals surface area (Å²) in [4.78, 5) is 12.7. The number of nitrogens with zero attached hydrogens (tertiary/aromatic N) is 1. The van der Waals surface area contributed by atoms with Crippen LogP contribution in [0.3, 0.4) is 0 Å². The van der Waals surface area contributed by atoms with Crippen molar-refractivity contribution in [2.24, 2.45) is 0 Å². The van der Waals surface area contributed by atoms with Crippen molar-refractivity contribution >= 4 is 41.1 Å². The van der Waals surface area contributed by atoms with Crippen LogP contribution < -0.4 is 4.90 Å². The summed E-state index contributed by atoms with van der Waals surface area (Å²) >= 11 is 7.81. The molecular weight excluding hydrogens is 282 g/mol. The van der Waals surface area contributed by atoms with E-state index >= 15 is 0 Å². The largest absolute Gasteiger partial charge is 0.478 e. The molecule has 19 heavy (non-hydrogen) atoms. The van der Waals surface area contributed by atoms with Gasteiger partial charge in [-0.05, 0) is 37.0 Å². The lowest BCUT2D eigenvalue weighted by Crippen LogP contribution is -2.31. The summed E-state index contributed by atoms with van der Waals surface area (Å²) in [6.07, 6.45) is 4.80. The van der Waals surface area contributed by atoms with Crippen LogP contribution >= 0.6 is 23.4 Å². The number of carboxylic acids is 1. The molecule has 0 saturated heterocycles. The molecule has 0 aliphatic carbocycles. The summed E-state index contributed by atoms with van der Waals surface area (Å²) in [5, 5.41) is 9.37. The number of rotatable bonds is 6.